The molecule has 12 heavy (non-hydrogen) atoms. The second kappa shape index (κ2) is 6.04. The molecule has 0 aromatic heterocycles. The zero-order chi connectivity index (χ0) is 9.56. The van der Waals surface area contributed by atoms with Gasteiger partial charge in [-0.1, -0.05) is 33.6 Å². The molecule has 1 fully saturated rings. The van der Waals surface area contributed by atoms with E-state index >= 15 is 0 Å². The fourth-order valence-corrected chi connectivity index (χ4v) is 1.68. The van der Waals surface area contributed by atoms with Crippen molar-refractivity contribution in [3.05, 3.63) is 0 Å². The third-order valence-electron chi connectivity index (χ3n) is 2.43. The highest BCUT2D eigenvalue weighted by molar-refractivity contribution is 5.70. The molecule has 2 unspecified atom stereocenters. The lowest BCUT2D eigenvalue weighted by molar-refractivity contribution is -0.144. The lowest BCUT2D eigenvalue weighted by Crippen LogP contribution is -2.24. The predicted molar refractivity (Wildman–Crippen MR) is 50.1 cm³/mol. The normalized spacial score (nSPS) is 28.6. The summed E-state index contributed by atoms with van der Waals surface area (Å²) in [5.41, 5.74) is 0. The van der Waals surface area contributed by atoms with Gasteiger partial charge in [-0.05, 0) is 18.8 Å². The first kappa shape index (κ1) is 11.5. The van der Waals surface area contributed by atoms with E-state index in [0.29, 0.717) is 5.92 Å². The average molecular weight is 172 g/mol. The van der Waals surface area contributed by atoms with Gasteiger partial charge in [0.15, 0.2) is 0 Å². The molecule has 1 aliphatic carbocycles. The summed E-state index contributed by atoms with van der Waals surface area (Å²) in [5.74, 6) is -0.271. The Hall–Kier alpha value is -0.530. The number of rotatable bonds is 1. The first-order chi connectivity index (χ1) is 5.72. The van der Waals surface area contributed by atoms with Crippen molar-refractivity contribution in [2.24, 2.45) is 11.8 Å². The SMILES string of the molecule is CC.CC1CCCCC1C(=O)O. The van der Waals surface area contributed by atoms with E-state index < -0.39 is 5.97 Å². The van der Waals surface area contributed by atoms with E-state index in [0.717, 1.165) is 19.3 Å². The molecule has 0 saturated heterocycles. The standard InChI is InChI=1S/C8H14O2.C2H6/c1-6-4-2-3-5-7(6)8(9)10;1-2/h6-7H,2-5H2,1H3,(H,9,10);1-2H3. The first-order valence-electron chi connectivity index (χ1n) is 4.94. The Balaban J connectivity index is 0.000000561. The minimum atomic E-state index is -0.604. The van der Waals surface area contributed by atoms with E-state index in [9.17, 15) is 4.79 Å². The van der Waals surface area contributed by atoms with Gasteiger partial charge in [0, 0.05) is 0 Å². The van der Waals surface area contributed by atoms with Gasteiger partial charge in [-0.25, -0.2) is 0 Å². The van der Waals surface area contributed by atoms with E-state index in [1.165, 1.54) is 6.42 Å². The van der Waals surface area contributed by atoms with Crippen LogP contribution in [0.3, 0.4) is 0 Å². The summed E-state index contributed by atoms with van der Waals surface area (Å²) >= 11 is 0. The molecule has 0 amide bonds. The molecule has 2 nitrogen and oxygen atoms in total. The van der Waals surface area contributed by atoms with E-state index in [-0.39, 0.29) is 5.92 Å². The van der Waals surface area contributed by atoms with Gasteiger partial charge in [-0.2, -0.15) is 0 Å². The lowest BCUT2D eigenvalue weighted by Gasteiger charge is -2.24. The van der Waals surface area contributed by atoms with Crippen molar-refractivity contribution in [1.82, 2.24) is 0 Å². The minimum Gasteiger partial charge on any atom is -0.481 e. The number of carbonyl (C=O) groups is 1. The molecule has 0 radical (unpaired) electrons. The molecule has 1 aliphatic rings. The van der Waals surface area contributed by atoms with Crippen molar-refractivity contribution in [3.8, 4) is 0 Å². The Morgan fingerprint density at radius 3 is 2.08 bits per heavy atom. The fraction of sp³-hybridized carbons (Fsp3) is 0.900. The summed E-state index contributed by atoms with van der Waals surface area (Å²) in [5, 5.41) is 8.71. The van der Waals surface area contributed by atoms with Gasteiger partial charge < -0.3 is 5.11 Å². The summed E-state index contributed by atoms with van der Waals surface area (Å²) in [6.07, 6.45) is 4.29. The van der Waals surface area contributed by atoms with Crippen LogP contribution in [0.25, 0.3) is 0 Å². The summed E-state index contributed by atoms with van der Waals surface area (Å²) in [4.78, 5) is 10.6. The quantitative estimate of drug-likeness (QED) is 0.660. The monoisotopic (exact) mass is 172 g/mol. The molecule has 0 heterocycles. The van der Waals surface area contributed by atoms with Crippen LogP contribution in [0.5, 0.6) is 0 Å². The maximum Gasteiger partial charge on any atom is 0.306 e. The van der Waals surface area contributed by atoms with Crippen molar-refractivity contribution in [2.75, 3.05) is 0 Å². The highest BCUT2D eigenvalue weighted by atomic mass is 16.4. The zero-order valence-corrected chi connectivity index (χ0v) is 8.34. The second-order valence-corrected chi connectivity index (χ2v) is 3.21. The molecule has 1 N–H and O–H groups in total. The topological polar surface area (TPSA) is 37.3 Å². The van der Waals surface area contributed by atoms with Crippen molar-refractivity contribution in [2.45, 2.75) is 46.5 Å². The third-order valence-corrected chi connectivity index (χ3v) is 2.43. The fourth-order valence-electron chi connectivity index (χ4n) is 1.68. The summed E-state index contributed by atoms with van der Waals surface area (Å²) < 4.78 is 0. The van der Waals surface area contributed by atoms with Gasteiger partial charge in [0.05, 0.1) is 5.92 Å². The number of hydrogen-bond donors (Lipinski definition) is 1. The Labute approximate surface area is 75.0 Å². The Bertz CT molecular complexity index is 132. The first-order valence-corrected chi connectivity index (χ1v) is 4.94. The second-order valence-electron chi connectivity index (χ2n) is 3.21. The largest absolute Gasteiger partial charge is 0.481 e. The van der Waals surface area contributed by atoms with Crippen molar-refractivity contribution in [1.29, 1.82) is 0 Å². The van der Waals surface area contributed by atoms with Gasteiger partial charge in [0.1, 0.15) is 0 Å². The zero-order valence-electron chi connectivity index (χ0n) is 8.34. The molecule has 0 aliphatic heterocycles. The summed E-state index contributed by atoms with van der Waals surface area (Å²) in [6.45, 7) is 6.04. The molecule has 0 bridgehead atoms. The maximum atomic E-state index is 10.6. The molecule has 2 heteroatoms. The van der Waals surface area contributed by atoms with Crippen molar-refractivity contribution in [3.63, 3.8) is 0 Å². The van der Waals surface area contributed by atoms with E-state index in [1.807, 2.05) is 20.8 Å². The van der Waals surface area contributed by atoms with Gasteiger partial charge in [-0.15, -0.1) is 0 Å². The summed E-state index contributed by atoms with van der Waals surface area (Å²) in [6, 6.07) is 0. The maximum absolute atomic E-state index is 10.6. The average Bonchev–Trinajstić information content (AvgIpc) is 2.08. The van der Waals surface area contributed by atoms with E-state index in [1.54, 1.807) is 0 Å². The molecule has 0 aromatic carbocycles. The number of carboxylic acids is 1. The van der Waals surface area contributed by atoms with E-state index in [2.05, 4.69) is 0 Å². The predicted octanol–water partition coefficient (Wildman–Crippen LogP) is 2.92. The van der Waals surface area contributed by atoms with Crippen LogP contribution in [-0.4, -0.2) is 11.1 Å². The molecule has 1 rings (SSSR count). The van der Waals surface area contributed by atoms with Gasteiger partial charge >= 0.3 is 5.97 Å². The van der Waals surface area contributed by atoms with Crippen LogP contribution in [0.15, 0.2) is 0 Å². The molecule has 0 aromatic rings. The number of aliphatic carboxylic acids is 1. The highest BCUT2D eigenvalue weighted by Gasteiger charge is 2.26. The Morgan fingerprint density at radius 2 is 1.75 bits per heavy atom. The number of carboxylic acid groups (broad SMARTS) is 1. The van der Waals surface area contributed by atoms with Crippen LogP contribution in [0.4, 0.5) is 0 Å². The lowest BCUT2D eigenvalue weighted by atomic mass is 9.81. The van der Waals surface area contributed by atoms with Gasteiger partial charge in [0.25, 0.3) is 0 Å². The summed E-state index contributed by atoms with van der Waals surface area (Å²) in [7, 11) is 0. The number of hydrogen-bond acceptors (Lipinski definition) is 1. The highest BCUT2D eigenvalue weighted by Crippen LogP contribution is 2.29. The Morgan fingerprint density at radius 1 is 1.25 bits per heavy atom. The van der Waals surface area contributed by atoms with Crippen LogP contribution in [0.2, 0.25) is 0 Å². The third kappa shape index (κ3) is 3.24. The van der Waals surface area contributed by atoms with Crippen LogP contribution in [0.1, 0.15) is 46.5 Å². The van der Waals surface area contributed by atoms with E-state index in [4.69, 9.17) is 5.11 Å². The van der Waals surface area contributed by atoms with Crippen LogP contribution < -0.4 is 0 Å². The molecular weight excluding hydrogens is 152 g/mol. The molecule has 1 saturated carbocycles. The molecule has 72 valence electrons. The molecule has 0 spiro atoms. The van der Waals surface area contributed by atoms with Crippen LogP contribution >= 0.6 is 0 Å². The molecular formula is C10H20O2. The van der Waals surface area contributed by atoms with Gasteiger partial charge in [0.2, 0.25) is 0 Å². The van der Waals surface area contributed by atoms with Gasteiger partial charge in [-0.3, -0.25) is 4.79 Å². The van der Waals surface area contributed by atoms with Crippen LogP contribution in [0, 0.1) is 11.8 Å². The molecule has 2 atom stereocenters. The minimum absolute atomic E-state index is 0.0613. The van der Waals surface area contributed by atoms with Crippen molar-refractivity contribution >= 4 is 5.97 Å². The smallest absolute Gasteiger partial charge is 0.306 e. The van der Waals surface area contributed by atoms with Crippen LogP contribution in [-0.2, 0) is 4.79 Å². The van der Waals surface area contributed by atoms with Crippen molar-refractivity contribution < 1.29 is 9.90 Å². The Kier molecular flexibility index (Phi) is 5.77.